The van der Waals surface area contributed by atoms with E-state index in [1.807, 2.05) is 6.92 Å². The number of benzene rings is 1. The molecule has 2 aliphatic heterocycles. The summed E-state index contributed by atoms with van der Waals surface area (Å²) >= 11 is 0. The monoisotopic (exact) mass is 401 g/mol. The number of carbonyl (C=O) groups excluding carboxylic acids is 4. The minimum Gasteiger partial charge on any atom is -0.493 e. The van der Waals surface area contributed by atoms with Gasteiger partial charge in [0.1, 0.15) is 12.3 Å². The lowest BCUT2D eigenvalue weighted by molar-refractivity contribution is -0.151. The Hall–Kier alpha value is -3.10. The van der Waals surface area contributed by atoms with E-state index in [1.165, 1.54) is 0 Å². The Morgan fingerprint density at radius 3 is 2.86 bits per heavy atom. The predicted molar refractivity (Wildman–Crippen MR) is 99.8 cm³/mol. The molecule has 2 fully saturated rings. The van der Waals surface area contributed by atoms with Gasteiger partial charge in [0, 0.05) is 18.0 Å². The van der Waals surface area contributed by atoms with E-state index in [2.05, 4.69) is 10.6 Å². The molecule has 9 heteroatoms. The van der Waals surface area contributed by atoms with Gasteiger partial charge in [-0.1, -0.05) is 18.2 Å². The number of carbonyl (C=O) groups is 4. The van der Waals surface area contributed by atoms with Gasteiger partial charge in [0.15, 0.2) is 12.1 Å². The van der Waals surface area contributed by atoms with Crippen molar-refractivity contribution in [1.29, 1.82) is 0 Å². The summed E-state index contributed by atoms with van der Waals surface area (Å²) in [4.78, 5) is 50.3. The average Bonchev–Trinajstić information content (AvgIpc) is 3.52. The molecule has 2 atom stereocenters. The van der Waals surface area contributed by atoms with Crippen LogP contribution in [-0.4, -0.2) is 54.5 Å². The number of nitrogens with zero attached hydrogens (tertiary/aromatic N) is 1. The molecule has 0 bridgehead atoms. The predicted octanol–water partition coefficient (Wildman–Crippen LogP) is 0.674. The number of para-hydroxylation sites is 1. The van der Waals surface area contributed by atoms with E-state index in [-0.39, 0.29) is 19.1 Å². The number of urea groups is 1. The molecule has 29 heavy (non-hydrogen) atoms. The summed E-state index contributed by atoms with van der Waals surface area (Å²) in [6.45, 7) is 1.18. The molecule has 3 aliphatic rings. The van der Waals surface area contributed by atoms with Crippen molar-refractivity contribution in [1.82, 2.24) is 15.5 Å². The molecule has 1 aliphatic carbocycles. The quantitative estimate of drug-likeness (QED) is 0.535. The number of amides is 4. The van der Waals surface area contributed by atoms with E-state index < -0.39 is 42.5 Å². The van der Waals surface area contributed by atoms with Crippen molar-refractivity contribution in [3.05, 3.63) is 29.8 Å². The number of imide groups is 1. The highest BCUT2D eigenvalue weighted by Crippen LogP contribution is 2.40. The second-order valence-corrected chi connectivity index (χ2v) is 7.68. The number of nitrogens with one attached hydrogen (secondary N) is 2. The van der Waals surface area contributed by atoms with E-state index in [9.17, 15) is 19.2 Å². The molecule has 0 radical (unpaired) electrons. The smallest absolute Gasteiger partial charge is 0.326 e. The lowest BCUT2D eigenvalue weighted by Crippen LogP contribution is -2.47. The third-order valence-corrected chi connectivity index (χ3v) is 5.63. The van der Waals surface area contributed by atoms with Gasteiger partial charge in [0.2, 0.25) is 0 Å². The number of esters is 1. The highest BCUT2D eigenvalue weighted by Gasteiger charge is 2.55. The first-order chi connectivity index (χ1) is 13.9. The lowest BCUT2D eigenvalue weighted by atomic mass is 9.84. The topological polar surface area (TPSA) is 114 Å². The van der Waals surface area contributed by atoms with Crippen molar-refractivity contribution in [2.45, 2.75) is 37.8 Å². The van der Waals surface area contributed by atoms with Crippen molar-refractivity contribution in [2.24, 2.45) is 5.92 Å². The summed E-state index contributed by atoms with van der Waals surface area (Å²) in [6.07, 6.45) is 2.44. The number of hydrogen-bond acceptors (Lipinski definition) is 6. The Labute approximate surface area is 167 Å². The van der Waals surface area contributed by atoms with Crippen molar-refractivity contribution in [2.75, 3.05) is 19.8 Å². The largest absolute Gasteiger partial charge is 0.493 e. The summed E-state index contributed by atoms with van der Waals surface area (Å²) in [7, 11) is 0. The van der Waals surface area contributed by atoms with Crippen molar-refractivity contribution in [3.8, 4) is 5.75 Å². The third kappa shape index (κ3) is 3.64. The second kappa shape index (κ2) is 7.38. The van der Waals surface area contributed by atoms with Gasteiger partial charge in [0.05, 0.1) is 6.61 Å². The molecule has 0 aromatic heterocycles. The van der Waals surface area contributed by atoms with E-state index in [0.29, 0.717) is 17.2 Å². The molecule has 154 valence electrons. The van der Waals surface area contributed by atoms with Crippen LogP contribution in [0.15, 0.2) is 24.3 Å². The van der Waals surface area contributed by atoms with Crippen LogP contribution in [0.2, 0.25) is 0 Å². The Kier molecular flexibility index (Phi) is 4.89. The SMILES string of the molecule is C[C@@H](NC(=O)COC(=O)CN1C(=O)N[C@]2(CCOc3ccccc32)C1=O)C1CC1. The molecular formula is C20H23N3O6. The Balaban J connectivity index is 1.37. The molecule has 1 saturated heterocycles. The number of hydrogen-bond donors (Lipinski definition) is 2. The normalized spacial score (nSPS) is 23.8. The zero-order valence-electron chi connectivity index (χ0n) is 16.1. The molecule has 1 spiro atoms. The molecule has 0 unspecified atom stereocenters. The number of fused-ring (bicyclic) bond motifs is 2. The standard InChI is InChI=1S/C20H23N3O6/c1-12(13-6-7-13)21-16(24)11-29-17(25)10-23-18(26)20(22-19(23)27)8-9-28-15-5-3-2-4-14(15)20/h2-5,12-13H,6-11H2,1H3,(H,21,24)(H,22,27)/t12-,20+/m1/s1. The maximum atomic E-state index is 13.1. The van der Waals surface area contributed by atoms with Crippen LogP contribution in [0.5, 0.6) is 5.75 Å². The molecule has 1 aromatic carbocycles. The van der Waals surface area contributed by atoms with Crippen molar-refractivity contribution < 1.29 is 28.7 Å². The van der Waals surface area contributed by atoms with Gasteiger partial charge < -0.3 is 20.1 Å². The number of ether oxygens (including phenoxy) is 2. The highest BCUT2D eigenvalue weighted by molar-refractivity contribution is 6.09. The van der Waals surface area contributed by atoms with Crippen LogP contribution < -0.4 is 15.4 Å². The molecule has 2 heterocycles. The van der Waals surface area contributed by atoms with E-state index in [1.54, 1.807) is 24.3 Å². The first kappa shape index (κ1) is 19.2. The van der Waals surface area contributed by atoms with Crippen LogP contribution in [0, 0.1) is 5.92 Å². The average molecular weight is 401 g/mol. The van der Waals surface area contributed by atoms with E-state index in [0.717, 1.165) is 17.7 Å². The maximum Gasteiger partial charge on any atom is 0.326 e. The summed E-state index contributed by atoms with van der Waals surface area (Å²) in [6, 6.07) is 6.36. The minimum absolute atomic E-state index is 0.0422. The molecule has 2 N–H and O–H groups in total. The fraction of sp³-hybridized carbons (Fsp3) is 0.500. The van der Waals surface area contributed by atoms with Crippen LogP contribution in [0.1, 0.15) is 31.7 Å². The Bertz CT molecular complexity index is 868. The van der Waals surface area contributed by atoms with Crippen LogP contribution in [-0.2, 0) is 24.7 Å². The van der Waals surface area contributed by atoms with Crippen LogP contribution in [0.3, 0.4) is 0 Å². The fourth-order valence-electron chi connectivity index (χ4n) is 3.85. The zero-order chi connectivity index (χ0) is 20.6. The highest BCUT2D eigenvalue weighted by atomic mass is 16.5. The first-order valence-electron chi connectivity index (χ1n) is 9.72. The zero-order valence-corrected chi connectivity index (χ0v) is 16.1. The molecule has 9 nitrogen and oxygen atoms in total. The van der Waals surface area contributed by atoms with E-state index >= 15 is 0 Å². The molecule has 1 saturated carbocycles. The molecule has 4 rings (SSSR count). The third-order valence-electron chi connectivity index (χ3n) is 5.63. The van der Waals surface area contributed by atoms with Gasteiger partial charge in [-0.15, -0.1) is 0 Å². The van der Waals surface area contributed by atoms with Gasteiger partial charge in [-0.25, -0.2) is 4.79 Å². The van der Waals surface area contributed by atoms with Gasteiger partial charge in [0.25, 0.3) is 11.8 Å². The minimum atomic E-state index is -1.25. The fourth-order valence-corrected chi connectivity index (χ4v) is 3.85. The molecular weight excluding hydrogens is 378 g/mol. The Morgan fingerprint density at radius 1 is 1.34 bits per heavy atom. The Morgan fingerprint density at radius 2 is 2.10 bits per heavy atom. The van der Waals surface area contributed by atoms with E-state index in [4.69, 9.17) is 9.47 Å². The number of rotatable bonds is 6. The van der Waals surface area contributed by atoms with Crippen molar-refractivity contribution >= 4 is 23.8 Å². The second-order valence-electron chi connectivity index (χ2n) is 7.68. The summed E-state index contributed by atoms with van der Waals surface area (Å²) < 4.78 is 10.5. The van der Waals surface area contributed by atoms with Crippen LogP contribution >= 0.6 is 0 Å². The molecule has 1 aromatic rings. The summed E-state index contributed by atoms with van der Waals surface area (Å²) in [5.74, 6) is -0.732. The van der Waals surface area contributed by atoms with Gasteiger partial charge in [-0.2, -0.15) is 0 Å². The van der Waals surface area contributed by atoms with Gasteiger partial charge >= 0.3 is 12.0 Å². The summed E-state index contributed by atoms with van der Waals surface area (Å²) in [5, 5.41) is 5.49. The first-order valence-corrected chi connectivity index (χ1v) is 9.72. The maximum absolute atomic E-state index is 13.1. The van der Waals surface area contributed by atoms with Crippen LogP contribution in [0.25, 0.3) is 0 Å². The van der Waals surface area contributed by atoms with Crippen molar-refractivity contribution in [3.63, 3.8) is 0 Å². The summed E-state index contributed by atoms with van der Waals surface area (Å²) in [5.41, 5.74) is -0.683. The van der Waals surface area contributed by atoms with Gasteiger partial charge in [-0.05, 0) is 31.7 Å². The molecule has 4 amide bonds. The lowest BCUT2D eigenvalue weighted by Gasteiger charge is -2.33. The van der Waals surface area contributed by atoms with Crippen LogP contribution in [0.4, 0.5) is 4.79 Å². The van der Waals surface area contributed by atoms with Gasteiger partial charge in [-0.3, -0.25) is 19.3 Å².